The van der Waals surface area contributed by atoms with E-state index in [4.69, 9.17) is 15.3 Å². The molecule has 11 heteroatoms. The van der Waals surface area contributed by atoms with Crippen molar-refractivity contribution >= 4 is 17.0 Å². The number of aliphatic hydroxyl groups excluding tert-OH is 4. The maximum atomic E-state index is 10.3. The van der Waals surface area contributed by atoms with Gasteiger partial charge in [-0.25, -0.2) is 0 Å². The fourth-order valence-electron chi connectivity index (χ4n) is 3.25. The number of imidazole rings is 1. The molecule has 5 atom stereocenters. The maximum absolute atomic E-state index is 10.3. The number of hydrogen-bond donors (Lipinski definition) is 6. The molecule has 0 aliphatic carbocycles. The number of nitrogens with two attached hydrogens (primary N) is 1. The molecule has 1 aromatic carbocycles. The summed E-state index contributed by atoms with van der Waals surface area (Å²) in [7, 11) is 0. The molecule has 154 valence electrons. The zero-order chi connectivity index (χ0) is 20.5. The van der Waals surface area contributed by atoms with E-state index in [2.05, 4.69) is 15.0 Å². The minimum absolute atomic E-state index is 0.220. The van der Waals surface area contributed by atoms with E-state index in [0.29, 0.717) is 23.4 Å². The second-order valence-electron chi connectivity index (χ2n) is 6.77. The van der Waals surface area contributed by atoms with E-state index < -0.39 is 37.3 Å². The van der Waals surface area contributed by atoms with Crippen molar-refractivity contribution in [2.45, 2.75) is 37.1 Å². The summed E-state index contributed by atoms with van der Waals surface area (Å²) in [5.41, 5.74) is 7.69. The van der Waals surface area contributed by atoms with Crippen LogP contribution in [0.2, 0.25) is 0 Å². The molecule has 4 rings (SSSR count). The molecule has 0 saturated carbocycles. The lowest BCUT2D eigenvalue weighted by molar-refractivity contribution is -0.897. The molecule has 1 saturated heterocycles. The van der Waals surface area contributed by atoms with Crippen LogP contribution in [0, 0.1) is 0 Å². The van der Waals surface area contributed by atoms with Crippen LogP contribution in [-0.4, -0.2) is 72.7 Å². The molecule has 11 nitrogen and oxygen atoms in total. The van der Waals surface area contributed by atoms with Crippen molar-refractivity contribution in [3.05, 3.63) is 48.0 Å². The fraction of sp³-hybridized carbons (Fsp3) is 0.389. The summed E-state index contributed by atoms with van der Waals surface area (Å²) in [6.45, 7) is -0.565. The number of anilines is 1. The van der Waals surface area contributed by atoms with Crippen LogP contribution in [0.4, 0.5) is 5.82 Å². The van der Waals surface area contributed by atoms with Gasteiger partial charge in [-0.15, -0.1) is 0 Å². The van der Waals surface area contributed by atoms with Crippen molar-refractivity contribution in [1.29, 1.82) is 0 Å². The van der Waals surface area contributed by atoms with Gasteiger partial charge in [-0.3, -0.25) is 0 Å². The van der Waals surface area contributed by atoms with Gasteiger partial charge in [0.15, 0.2) is 11.8 Å². The summed E-state index contributed by atoms with van der Waals surface area (Å²) in [5.74, 6) is 0.599. The third-order valence-electron chi connectivity index (χ3n) is 4.81. The van der Waals surface area contributed by atoms with Crippen molar-refractivity contribution < 1.29 is 34.7 Å². The molecule has 1 unspecified atom stereocenters. The van der Waals surface area contributed by atoms with Gasteiger partial charge in [0, 0.05) is 0 Å². The summed E-state index contributed by atoms with van der Waals surface area (Å²) in [6, 6.07) is 9.47. The highest BCUT2D eigenvalue weighted by molar-refractivity contribution is 5.78. The minimum Gasteiger partial charge on any atom is -0.394 e. The van der Waals surface area contributed by atoms with E-state index in [1.165, 1.54) is 11.1 Å². The highest BCUT2D eigenvalue weighted by atomic mass is 16.8. The zero-order valence-electron chi connectivity index (χ0n) is 15.3. The molecule has 29 heavy (non-hydrogen) atoms. The zero-order valence-corrected chi connectivity index (χ0v) is 15.3. The number of aliphatic hydroxyl groups is 4. The molecule has 0 bridgehead atoms. The van der Waals surface area contributed by atoms with Gasteiger partial charge in [0.05, 0.1) is 13.0 Å². The van der Waals surface area contributed by atoms with Crippen LogP contribution in [0.3, 0.4) is 0 Å². The Bertz CT molecular complexity index is 982. The topological polar surface area (TPSA) is 171 Å². The number of benzene rings is 1. The van der Waals surface area contributed by atoms with Gasteiger partial charge in [0.2, 0.25) is 5.82 Å². The lowest BCUT2D eigenvalue weighted by Crippen LogP contribution is -2.65. The van der Waals surface area contributed by atoms with Gasteiger partial charge in [0.1, 0.15) is 24.4 Å². The van der Waals surface area contributed by atoms with Crippen LogP contribution < -0.4 is 15.3 Å². The molecule has 0 radical (unpaired) electrons. The first-order valence-corrected chi connectivity index (χ1v) is 9.04. The van der Waals surface area contributed by atoms with Crippen LogP contribution in [-0.2, 0) is 11.2 Å². The molecule has 1 aliphatic heterocycles. The smallest absolute Gasteiger partial charge is 0.331 e. The van der Waals surface area contributed by atoms with Crippen molar-refractivity contribution in [3.63, 3.8) is 0 Å². The Labute approximate surface area is 164 Å². The molecule has 1 aliphatic rings. The van der Waals surface area contributed by atoms with E-state index in [0.717, 1.165) is 5.56 Å². The first kappa shape index (κ1) is 19.5. The molecular formula is C18H22N5O6+. The first-order chi connectivity index (χ1) is 14.0. The van der Waals surface area contributed by atoms with Crippen molar-refractivity contribution in [3.8, 4) is 0 Å². The van der Waals surface area contributed by atoms with Crippen molar-refractivity contribution in [1.82, 2.24) is 15.0 Å². The monoisotopic (exact) mass is 404 g/mol. The van der Waals surface area contributed by atoms with Crippen LogP contribution in [0.25, 0.3) is 11.2 Å². The number of nitrogen functional groups attached to an aromatic ring is 1. The molecule has 3 aromatic rings. The first-order valence-electron chi connectivity index (χ1n) is 9.04. The third kappa shape index (κ3) is 3.61. The number of H-pyrrole nitrogens is 1. The summed E-state index contributed by atoms with van der Waals surface area (Å²) in [5, 5.41) is 39.7. The molecule has 3 heterocycles. The number of hydrogen-bond acceptors (Lipinski definition) is 9. The average molecular weight is 404 g/mol. The Morgan fingerprint density at radius 3 is 2.62 bits per heavy atom. The number of aromatic amines is 1. The third-order valence-corrected chi connectivity index (χ3v) is 4.81. The lowest BCUT2D eigenvalue weighted by Gasteiger charge is -2.38. The normalized spacial score (nSPS) is 27.2. The Hall–Kier alpha value is -2.83. The second-order valence-corrected chi connectivity index (χ2v) is 6.77. The molecule has 7 N–H and O–H groups in total. The Kier molecular flexibility index (Phi) is 5.30. The minimum atomic E-state index is -1.57. The molecular weight excluding hydrogens is 382 g/mol. The van der Waals surface area contributed by atoms with Gasteiger partial charge in [-0.1, -0.05) is 40.3 Å². The predicted octanol–water partition coefficient (Wildman–Crippen LogP) is -2.35. The molecule has 0 amide bonds. The molecule has 2 aromatic heterocycles. The lowest BCUT2D eigenvalue weighted by atomic mass is 9.99. The van der Waals surface area contributed by atoms with E-state index in [9.17, 15) is 20.4 Å². The van der Waals surface area contributed by atoms with Crippen molar-refractivity contribution in [2.24, 2.45) is 0 Å². The van der Waals surface area contributed by atoms with Gasteiger partial charge in [0.25, 0.3) is 12.1 Å². The number of aromatic nitrogens is 4. The van der Waals surface area contributed by atoms with E-state index in [-0.39, 0.29) is 5.82 Å². The van der Waals surface area contributed by atoms with Gasteiger partial charge in [-0.2, -0.15) is 0 Å². The number of nitrogens with one attached hydrogen (secondary N) is 1. The van der Waals surface area contributed by atoms with Gasteiger partial charge < -0.3 is 40.7 Å². The summed E-state index contributed by atoms with van der Waals surface area (Å²) in [4.78, 5) is 17.3. The average Bonchev–Trinajstić information content (AvgIpc) is 3.22. The molecule has 1 fully saturated rings. The Morgan fingerprint density at radius 1 is 1.14 bits per heavy atom. The molecule has 0 spiro atoms. The largest absolute Gasteiger partial charge is 0.394 e. The number of ether oxygens (including phenoxy) is 1. The summed E-state index contributed by atoms with van der Waals surface area (Å²) in [6.07, 6.45) is -5.37. The predicted molar refractivity (Wildman–Crippen MR) is 98.1 cm³/mol. The van der Waals surface area contributed by atoms with E-state index in [1.54, 1.807) is 0 Å². The standard InChI is InChI=1S/C18H21N5O6/c19-16-12-17(21-8-20-12)23(11(22-16)6-9-4-2-1-3-5-9)29-18-15(27)14(26)13(25)10(7-24)28-18/h1-5,8,10,13-15,18,24-27H,6-7H2,(H2,19,20,21)/p+1/t10-,13-,14+,15-,18?/m1/s1. The number of nitrogens with zero attached hydrogens (tertiary/aromatic N) is 3. The SMILES string of the molecule is Nc1nc(Cc2ccccc2)[n+](OC2O[C@H](CO)[C@@H](O)[C@H](O)[C@H]2O)c2nc[nH]c12. The highest BCUT2D eigenvalue weighted by Gasteiger charge is 2.46. The highest BCUT2D eigenvalue weighted by Crippen LogP contribution is 2.21. The number of fused-ring (bicyclic) bond motifs is 1. The van der Waals surface area contributed by atoms with Crippen LogP contribution in [0.5, 0.6) is 0 Å². The quantitative estimate of drug-likeness (QED) is 0.255. The van der Waals surface area contributed by atoms with Crippen LogP contribution >= 0.6 is 0 Å². The van der Waals surface area contributed by atoms with Gasteiger partial charge in [-0.05, 0) is 10.3 Å². The Morgan fingerprint density at radius 2 is 1.90 bits per heavy atom. The van der Waals surface area contributed by atoms with E-state index >= 15 is 0 Å². The summed E-state index contributed by atoms with van der Waals surface area (Å²) < 4.78 is 6.71. The van der Waals surface area contributed by atoms with Crippen LogP contribution in [0.1, 0.15) is 11.4 Å². The van der Waals surface area contributed by atoms with Crippen molar-refractivity contribution in [2.75, 3.05) is 12.3 Å². The Balaban J connectivity index is 1.73. The fourth-order valence-corrected chi connectivity index (χ4v) is 3.25. The van der Waals surface area contributed by atoms with Crippen LogP contribution in [0.15, 0.2) is 36.7 Å². The van der Waals surface area contributed by atoms with Gasteiger partial charge >= 0.3 is 5.65 Å². The summed E-state index contributed by atoms with van der Waals surface area (Å²) >= 11 is 0. The van der Waals surface area contributed by atoms with E-state index in [1.807, 2.05) is 30.3 Å². The maximum Gasteiger partial charge on any atom is 0.331 e. The number of rotatable bonds is 5. The second kappa shape index (κ2) is 7.89.